The van der Waals surface area contributed by atoms with Gasteiger partial charge in [-0.3, -0.25) is 19.9 Å². The summed E-state index contributed by atoms with van der Waals surface area (Å²) in [4.78, 5) is 36.0. The lowest BCUT2D eigenvalue weighted by Gasteiger charge is -2.39. The Morgan fingerprint density at radius 3 is 1.15 bits per heavy atom. The van der Waals surface area contributed by atoms with Crippen LogP contribution in [0.2, 0.25) is 0 Å². The van der Waals surface area contributed by atoms with Gasteiger partial charge in [0.15, 0.2) is 0 Å². The fourth-order valence-electron chi connectivity index (χ4n) is 7.11. The highest BCUT2D eigenvalue weighted by atomic mass is 16.2. The van der Waals surface area contributed by atoms with Crippen molar-refractivity contribution in [3.8, 4) is 0 Å². The van der Waals surface area contributed by atoms with E-state index in [1.165, 1.54) is 22.3 Å². The Labute approximate surface area is 196 Å². The van der Waals surface area contributed by atoms with E-state index in [0.29, 0.717) is 23.7 Å². The molecule has 2 fully saturated rings. The van der Waals surface area contributed by atoms with Crippen LogP contribution >= 0.6 is 0 Å². The number of fused-ring (bicyclic) bond motifs is 12. The van der Waals surface area contributed by atoms with Crippen molar-refractivity contribution in [3.63, 3.8) is 0 Å². The van der Waals surface area contributed by atoms with Gasteiger partial charge in [-0.05, 0) is 59.4 Å². The number of urea groups is 1. The maximum Gasteiger partial charge on any atom is 0.320 e. The van der Waals surface area contributed by atoms with E-state index in [-0.39, 0.29) is 6.03 Å². The molecule has 4 aliphatic rings. The molecule has 0 saturated carbocycles. The molecule has 2 saturated heterocycles. The number of hydrogen-bond acceptors (Lipinski definition) is 5. The van der Waals surface area contributed by atoms with E-state index in [4.69, 9.17) is 0 Å². The van der Waals surface area contributed by atoms with Gasteiger partial charge in [0, 0.05) is 74.6 Å². The number of carbonyl (C=O) groups excluding carboxylic acids is 1. The Morgan fingerprint density at radius 1 is 0.559 bits per heavy atom. The average Bonchev–Trinajstić information content (AvgIpc) is 3.28. The van der Waals surface area contributed by atoms with E-state index in [1.54, 1.807) is 24.8 Å². The quantitative estimate of drug-likeness (QED) is 0.404. The minimum atomic E-state index is 0.201. The largest absolute Gasteiger partial charge is 0.323 e. The second kappa shape index (κ2) is 6.72. The highest BCUT2D eigenvalue weighted by molar-refractivity contribution is 5.80. The first-order chi connectivity index (χ1) is 16.7. The van der Waals surface area contributed by atoms with Crippen LogP contribution in [-0.2, 0) is 0 Å². The van der Waals surface area contributed by atoms with Crippen LogP contribution < -0.4 is 0 Å². The van der Waals surface area contributed by atoms with Crippen LogP contribution in [0.5, 0.6) is 0 Å². The zero-order chi connectivity index (χ0) is 22.4. The van der Waals surface area contributed by atoms with E-state index in [2.05, 4.69) is 54.0 Å². The van der Waals surface area contributed by atoms with E-state index < -0.39 is 0 Å². The Bertz CT molecular complexity index is 1290. The van der Waals surface area contributed by atoms with Gasteiger partial charge in [0.05, 0.1) is 22.1 Å². The molecule has 4 heterocycles. The first-order valence-electron chi connectivity index (χ1n) is 12.2. The number of carbonyl (C=O) groups is 1. The maximum atomic E-state index is 13.8. The van der Waals surface area contributed by atoms with Crippen molar-refractivity contribution in [2.75, 3.05) is 26.2 Å². The number of amides is 2. The summed E-state index contributed by atoms with van der Waals surface area (Å²) >= 11 is 0. The molecule has 0 N–H and O–H groups in total. The molecule has 2 amide bonds. The van der Waals surface area contributed by atoms with E-state index in [0.717, 1.165) is 61.1 Å². The minimum Gasteiger partial charge on any atom is -0.323 e. The monoisotopic (exact) mass is 448 g/mol. The predicted molar refractivity (Wildman–Crippen MR) is 128 cm³/mol. The van der Waals surface area contributed by atoms with Gasteiger partial charge < -0.3 is 9.80 Å². The average molecular weight is 449 g/mol. The number of benzene rings is 2. The number of hydrogen-bond donors (Lipinski definition) is 0. The molecular formula is C27H24N6O. The van der Waals surface area contributed by atoms with Crippen molar-refractivity contribution in [3.05, 3.63) is 71.3 Å². The summed E-state index contributed by atoms with van der Waals surface area (Å²) in [6.07, 6.45) is 9.26. The molecule has 7 heteroatoms. The molecule has 4 unspecified atom stereocenters. The summed E-state index contributed by atoms with van der Waals surface area (Å²) in [5, 5.41) is 0. The predicted octanol–water partition coefficient (Wildman–Crippen LogP) is 4.17. The van der Waals surface area contributed by atoms with Crippen LogP contribution in [0.3, 0.4) is 0 Å². The Kier molecular flexibility index (Phi) is 3.71. The molecule has 7 nitrogen and oxygen atoms in total. The normalized spacial score (nSPS) is 26.7. The fraction of sp³-hybridized carbons (Fsp3) is 0.370. The van der Waals surface area contributed by atoms with Crippen LogP contribution in [-0.4, -0.2) is 61.9 Å². The number of piperidine rings is 2. The van der Waals surface area contributed by atoms with Gasteiger partial charge in [0.2, 0.25) is 0 Å². The first kappa shape index (κ1) is 18.8. The molecule has 34 heavy (non-hydrogen) atoms. The van der Waals surface area contributed by atoms with Gasteiger partial charge in [-0.1, -0.05) is 0 Å². The second-order valence-electron chi connectivity index (χ2n) is 10.4. The van der Waals surface area contributed by atoms with Gasteiger partial charge in [-0.2, -0.15) is 0 Å². The SMILES string of the molecule is O=C(N1CC2CC(C1)c1cc3nccnc3cc12)N1CC2CC(C1)c1cc3nccnc3cc12. The number of nitrogens with zero attached hydrogens (tertiary/aromatic N) is 6. The second-order valence-corrected chi connectivity index (χ2v) is 10.4. The third kappa shape index (κ3) is 2.61. The zero-order valence-corrected chi connectivity index (χ0v) is 18.8. The molecule has 2 aliphatic carbocycles. The van der Waals surface area contributed by atoms with Crippen LogP contribution in [0, 0.1) is 0 Å². The molecule has 4 atom stereocenters. The lowest BCUT2D eigenvalue weighted by Crippen LogP contribution is -2.50. The van der Waals surface area contributed by atoms with Gasteiger partial charge in [0.1, 0.15) is 0 Å². The smallest absolute Gasteiger partial charge is 0.320 e. The van der Waals surface area contributed by atoms with Crippen molar-refractivity contribution in [2.24, 2.45) is 0 Å². The summed E-state index contributed by atoms with van der Waals surface area (Å²) in [6.45, 7) is 3.18. The molecule has 0 spiro atoms. The molecule has 2 aromatic carbocycles. The van der Waals surface area contributed by atoms with Crippen molar-refractivity contribution in [1.82, 2.24) is 29.7 Å². The number of rotatable bonds is 0. The van der Waals surface area contributed by atoms with Gasteiger partial charge in [0.25, 0.3) is 0 Å². The minimum absolute atomic E-state index is 0.201. The van der Waals surface area contributed by atoms with E-state index >= 15 is 0 Å². The molecule has 2 aliphatic heterocycles. The summed E-state index contributed by atoms with van der Waals surface area (Å²) in [6, 6.07) is 9.04. The van der Waals surface area contributed by atoms with Gasteiger partial charge in [-0.25, -0.2) is 4.79 Å². The van der Waals surface area contributed by atoms with Crippen molar-refractivity contribution < 1.29 is 4.79 Å². The molecule has 2 aromatic heterocycles. The highest BCUT2D eigenvalue weighted by Gasteiger charge is 2.44. The standard InChI is InChI=1S/C27H24N6O/c34-27(32-11-15-5-16(12-32)20-8-24-23(7-19(15)20)28-1-2-29-24)33-13-17-6-18(14-33)22-10-26-25(9-21(17)22)30-3-4-31-26/h1-4,7-10,15-18H,5-6,11-14H2. The maximum absolute atomic E-state index is 13.8. The van der Waals surface area contributed by atoms with Gasteiger partial charge >= 0.3 is 6.03 Å². The lowest BCUT2D eigenvalue weighted by atomic mass is 9.94. The molecular weight excluding hydrogens is 424 g/mol. The Morgan fingerprint density at radius 2 is 0.853 bits per heavy atom. The Balaban J connectivity index is 1.07. The van der Waals surface area contributed by atoms with Crippen LogP contribution in [0.4, 0.5) is 4.79 Å². The number of aromatic nitrogens is 4. The van der Waals surface area contributed by atoms with Crippen molar-refractivity contribution in [2.45, 2.75) is 36.5 Å². The molecule has 8 rings (SSSR count). The Hall–Kier alpha value is -3.61. The third-order valence-corrected chi connectivity index (χ3v) is 8.55. The summed E-state index contributed by atoms with van der Waals surface area (Å²) in [5.41, 5.74) is 9.28. The number of likely N-dealkylation sites (tertiary alicyclic amines) is 2. The van der Waals surface area contributed by atoms with Crippen molar-refractivity contribution >= 4 is 28.1 Å². The summed E-state index contributed by atoms with van der Waals surface area (Å²) in [7, 11) is 0. The highest BCUT2D eigenvalue weighted by Crippen LogP contribution is 2.49. The van der Waals surface area contributed by atoms with E-state index in [9.17, 15) is 4.79 Å². The molecule has 4 aromatic rings. The molecule has 4 bridgehead atoms. The fourth-order valence-corrected chi connectivity index (χ4v) is 7.11. The lowest BCUT2D eigenvalue weighted by molar-refractivity contribution is 0.123. The van der Waals surface area contributed by atoms with E-state index in [1.807, 2.05) is 0 Å². The van der Waals surface area contributed by atoms with Crippen LogP contribution in [0.1, 0.15) is 58.8 Å². The molecule has 168 valence electrons. The first-order valence-corrected chi connectivity index (χ1v) is 12.2. The van der Waals surface area contributed by atoms with Crippen LogP contribution in [0.15, 0.2) is 49.1 Å². The topological polar surface area (TPSA) is 75.1 Å². The van der Waals surface area contributed by atoms with Gasteiger partial charge in [-0.15, -0.1) is 0 Å². The van der Waals surface area contributed by atoms with Crippen LogP contribution in [0.25, 0.3) is 22.1 Å². The third-order valence-electron chi connectivity index (χ3n) is 8.55. The zero-order valence-electron chi connectivity index (χ0n) is 18.8. The summed E-state index contributed by atoms with van der Waals surface area (Å²) in [5.74, 6) is 1.58. The van der Waals surface area contributed by atoms with Crippen molar-refractivity contribution in [1.29, 1.82) is 0 Å². The summed E-state index contributed by atoms with van der Waals surface area (Å²) < 4.78 is 0. The molecule has 0 radical (unpaired) electrons.